The fourth-order valence-corrected chi connectivity index (χ4v) is 1.68. The maximum absolute atomic E-state index is 12.4. The van der Waals surface area contributed by atoms with E-state index in [0.717, 1.165) is 12.3 Å². The normalized spacial score (nSPS) is 11.7. The molecule has 0 spiro atoms. The van der Waals surface area contributed by atoms with Crippen LogP contribution < -0.4 is 11.2 Å². The third kappa shape index (κ3) is 2.46. The summed E-state index contributed by atoms with van der Waals surface area (Å²) in [4.78, 5) is 29.0. The number of nitrogens with zero attached hydrogens (tertiary/aromatic N) is 2. The largest absolute Gasteiger partial charge is 0.433 e. The first kappa shape index (κ1) is 14.3. The molecule has 2 aromatic heterocycles. The summed E-state index contributed by atoms with van der Waals surface area (Å²) in [6, 6.07) is 1.67. The first-order valence-corrected chi connectivity index (χ1v) is 5.64. The summed E-state index contributed by atoms with van der Waals surface area (Å²) in [6.45, 7) is 1.38. The van der Waals surface area contributed by atoms with Crippen molar-refractivity contribution in [2.75, 3.05) is 0 Å². The predicted octanol–water partition coefficient (Wildman–Crippen LogP) is 1.90. The lowest BCUT2D eigenvalue weighted by atomic mass is 10.3. The van der Waals surface area contributed by atoms with Gasteiger partial charge in [0.1, 0.15) is 10.8 Å². The highest BCUT2D eigenvalue weighted by atomic mass is 35.5. The van der Waals surface area contributed by atoms with E-state index in [1.165, 1.54) is 6.92 Å². The van der Waals surface area contributed by atoms with Crippen LogP contribution in [0, 0.1) is 6.92 Å². The van der Waals surface area contributed by atoms with Crippen molar-refractivity contribution in [3.05, 3.63) is 55.6 Å². The van der Waals surface area contributed by atoms with E-state index in [-0.39, 0.29) is 16.4 Å². The van der Waals surface area contributed by atoms with Crippen LogP contribution in [0.15, 0.2) is 27.9 Å². The smallest absolute Gasteiger partial charge is 0.297 e. The Morgan fingerprint density at radius 1 is 1.30 bits per heavy atom. The van der Waals surface area contributed by atoms with Crippen LogP contribution >= 0.6 is 11.6 Å². The molecule has 2 aromatic rings. The molecule has 2 rings (SSSR count). The van der Waals surface area contributed by atoms with Crippen LogP contribution in [0.5, 0.6) is 0 Å². The van der Waals surface area contributed by atoms with E-state index in [4.69, 9.17) is 11.6 Å². The maximum Gasteiger partial charge on any atom is 0.433 e. The molecule has 0 radical (unpaired) electrons. The SMILES string of the molecule is Cc1c(Cl)[nH]c(=O)n(-c2ccc(C(F)(F)F)nc2)c1=O. The molecule has 9 heteroatoms. The van der Waals surface area contributed by atoms with E-state index in [2.05, 4.69) is 9.97 Å². The van der Waals surface area contributed by atoms with E-state index in [9.17, 15) is 22.8 Å². The highest BCUT2D eigenvalue weighted by Crippen LogP contribution is 2.27. The number of pyridine rings is 1. The topological polar surface area (TPSA) is 67.8 Å². The molecule has 1 N–H and O–H groups in total. The van der Waals surface area contributed by atoms with Gasteiger partial charge in [0.05, 0.1) is 17.4 Å². The lowest BCUT2D eigenvalue weighted by Crippen LogP contribution is -2.35. The number of hydrogen-bond acceptors (Lipinski definition) is 3. The number of halogens is 4. The number of aromatic amines is 1. The number of alkyl halides is 3. The van der Waals surface area contributed by atoms with Gasteiger partial charge in [0, 0.05) is 0 Å². The summed E-state index contributed by atoms with van der Waals surface area (Å²) in [7, 11) is 0. The molecule has 0 aliphatic rings. The Bertz CT molecular complexity index is 762. The Balaban J connectivity index is 2.62. The van der Waals surface area contributed by atoms with E-state index >= 15 is 0 Å². The van der Waals surface area contributed by atoms with Gasteiger partial charge < -0.3 is 0 Å². The molecule has 0 aliphatic carbocycles. The zero-order chi connectivity index (χ0) is 15.1. The lowest BCUT2D eigenvalue weighted by Gasteiger charge is -2.08. The molecule has 0 bridgehead atoms. The molecule has 20 heavy (non-hydrogen) atoms. The van der Waals surface area contributed by atoms with Gasteiger partial charge in [-0.3, -0.25) is 9.78 Å². The van der Waals surface area contributed by atoms with Gasteiger partial charge in [0.25, 0.3) is 5.56 Å². The van der Waals surface area contributed by atoms with Crippen LogP contribution in [0.25, 0.3) is 5.69 Å². The number of H-pyrrole nitrogens is 1. The molecule has 0 saturated heterocycles. The predicted molar refractivity (Wildman–Crippen MR) is 65.2 cm³/mol. The van der Waals surface area contributed by atoms with Gasteiger partial charge in [-0.2, -0.15) is 13.2 Å². The van der Waals surface area contributed by atoms with Gasteiger partial charge in [0.15, 0.2) is 0 Å². The van der Waals surface area contributed by atoms with E-state index in [1.807, 2.05) is 0 Å². The average Bonchev–Trinajstić information content (AvgIpc) is 2.36. The van der Waals surface area contributed by atoms with Crippen LogP contribution in [-0.2, 0) is 6.18 Å². The van der Waals surface area contributed by atoms with Crippen molar-refractivity contribution in [2.24, 2.45) is 0 Å². The average molecular weight is 306 g/mol. The minimum absolute atomic E-state index is 0.0752. The van der Waals surface area contributed by atoms with Crippen molar-refractivity contribution in [3.8, 4) is 5.69 Å². The van der Waals surface area contributed by atoms with Gasteiger partial charge in [-0.15, -0.1) is 0 Å². The van der Waals surface area contributed by atoms with Gasteiger partial charge in [-0.1, -0.05) is 11.6 Å². The summed E-state index contributed by atoms with van der Waals surface area (Å²) >= 11 is 5.63. The van der Waals surface area contributed by atoms with Crippen LogP contribution in [0.4, 0.5) is 13.2 Å². The molecule has 106 valence electrons. The summed E-state index contributed by atoms with van der Waals surface area (Å²) in [5.41, 5.74) is -2.70. The molecule has 0 atom stereocenters. The van der Waals surface area contributed by atoms with E-state index < -0.39 is 23.1 Å². The minimum Gasteiger partial charge on any atom is -0.297 e. The second kappa shape index (κ2) is 4.78. The standard InChI is InChI=1S/C11H7ClF3N3O2/c1-5-8(12)17-10(20)18(9(5)19)6-2-3-7(16-4-6)11(13,14)15/h2-4H,1H3,(H,17,20). The molecule has 0 saturated carbocycles. The van der Waals surface area contributed by atoms with Crippen LogP contribution in [-0.4, -0.2) is 14.5 Å². The molecule has 0 unspecified atom stereocenters. The van der Waals surface area contributed by atoms with Crippen molar-refractivity contribution < 1.29 is 13.2 Å². The Labute approximate surface area is 114 Å². The summed E-state index contributed by atoms with van der Waals surface area (Å²) < 4.78 is 37.8. The number of nitrogens with one attached hydrogen (secondary N) is 1. The number of rotatable bonds is 1. The third-order valence-corrected chi connectivity index (χ3v) is 2.95. The van der Waals surface area contributed by atoms with Crippen molar-refractivity contribution >= 4 is 11.6 Å². The van der Waals surface area contributed by atoms with Gasteiger partial charge in [0.2, 0.25) is 0 Å². The van der Waals surface area contributed by atoms with Gasteiger partial charge >= 0.3 is 11.9 Å². The van der Waals surface area contributed by atoms with Crippen molar-refractivity contribution in [2.45, 2.75) is 13.1 Å². The minimum atomic E-state index is -4.59. The first-order chi connectivity index (χ1) is 9.21. The van der Waals surface area contributed by atoms with Crippen molar-refractivity contribution in [3.63, 3.8) is 0 Å². The maximum atomic E-state index is 12.4. The second-order valence-electron chi connectivity index (χ2n) is 3.91. The molecule has 0 aliphatic heterocycles. The molecule has 0 amide bonds. The van der Waals surface area contributed by atoms with Crippen LogP contribution in [0.2, 0.25) is 5.15 Å². The fraction of sp³-hybridized carbons (Fsp3) is 0.182. The van der Waals surface area contributed by atoms with Crippen molar-refractivity contribution in [1.82, 2.24) is 14.5 Å². The van der Waals surface area contributed by atoms with E-state index in [1.54, 1.807) is 0 Å². The summed E-state index contributed by atoms with van der Waals surface area (Å²) in [5.74, 6) is 0. The molecule has 2 heterocycles. The van der Waals surface area contributed by atoms with Crippen LogP contribution in [0.1, 0.15) is 11.3 Å². The summed E-state index contributed by atoms with van der Waals surface area (Å²) in [6.07, 6.45) is -3.79. The first-order valence-electron chi connectivity index (χ1n) is 5.27. The van der Waals surface area contributed by atoms with Crippen molar-refractivity contribution in [1.29, 1.82) is 0 Å². The highest BCUT2D eigenvalue weighted by Gasteiger charge is 2.32. The molecular formula is C11H7ClF3N3O2. The fourth-order valence-electron chi connectivity index (χ4n) is 1.52. The molecule has 0 aromatic carbocycles. The molecular weight excluding hydrogens is 299 g/mol. The second-order valence-corrected chi connectivity index (χ2v) is 4.29. The highest BCUT2D eigenvalue weighted by molar-refractivity contribution is 6.30. The van der Waals surface area contributed by atoms with Gasteiger partial charge in [-0.25, -0.2) is 14.3 Å². The Hall–Kier alpha value is -2.09. The number of aromatic nitrogens is 3. The lowest BCUT2D eigenvalue weighted by molar-refractivity contribution is -0.141. The summed E-state index contributed by atoms with van der Waals surface area (Å²) in [5, 5.41) is -0.115. The Morgan fingerprint density at radius 3 is 2.45 bits per heavy atom. The monoisotopic (exact) mass is 305 g/mol. The number of hydrogen-bond donors (Lipinski definition) is 1. The van der Waals surface area contributed by atoms with Gasteiger partial charge in [-0.05, 0) is 19.1 Å². The van der Waals surface area contributed by atoms with E-state index in [0.29, 0.717) is 10.6 Å². The van der Waals surface area contributed by atoms with Crippen LogP contribution in [0.3, 0.4) is 0 Å². The Kier molecular flexibility index (Phi) is 3.43. The quantitative estimate of drug-likeness (QED) is 0.818. The molecule has 0 fully saturated rings. The zero-order valence-corrected chi connectivity index (χ0v) is 10.7. The third-order valence-electron chi connectivity index (χ3n) is 2.57. The molecule has 5 nitrogen and oxygen atoms in total. The Morgan fingerprint density at radius 2 is 1.95 bits per heavy atom. The zero-order valence-electron chi connectivity index (χ0n) is 9.95.